The minimum Gasteiger partial charge on any atom is -0.449 e. The predicted octanol–water partition coefficient (Wildman–Crippen LogP) is 3.13. The van der Waals surface area contributed by atoms with E-state index in [1.807, 2.05) is 0 Å². The van der Waals surface area contributed by atoms with Crippen LogP contribution in [0.25, 0.3) is 11.5 Å². The Hall–Kier alpha value is -2.12. The second-order valence-electron chi connectivity index (χ2n) is 5.56. The number of alkyl halides is 2. The van der Waals surface area contributed by atoms with Gasteiger partial charge in [0, 0.05) is 25.8 Å². The largest absolute Gasteiger partial charge is 0.449 e. The van der Waals surface area contributed by atoms with Crippen molar-refractivity contribution in [2.24, 2.45) is 0 Å². The number of halogens is 2. The van der Waals surface area contributed by atoms with E-state index in [1.165, 1.54) is 6.26 Å². The SMILES string of the molecule is Cc1nc(NC2CCC(F)(F)CC2)nc(-c2coc(C)n2)n1. The summed E-state index contributed by atoms with van der Waals surface area (Å²) in [5, 5.41) is 3.12. The van der Waals surface area contributed by atoms with Gasteiger partial charge in [0.05, 0.1) is 0 Å². The molecule has 1 N–H and O–H groups in total. The zero-order valence-electron chi connectivity index (χ0n) is 12.4. The van der Waals surface area contributed by atoms with Crippen molar-refractivity contribution in [3.8, 4) is 11.5 Å². The van der Waals surface area contributed by atoms with E-state index in [0.717, 1.165) is 0 Å². The van der Waals surface area contributed by atoms with Gasteiger partial charge in [0.25, 0.3) is 0 Å². The molecular weight excluding hydrogens is 292 g/mol. The molecule has 0 unspecified atom stereocenters. The van der Waals surface area contributed by atoms with Gasteiger partial charge in [0.2, 0.25) is 11.9 Å². The first-order valence-electron chi connectivity index (χ1n) is 7.21. The number of nitrogens with zero attached hydrogens (tertiary/aromatic N) is 4. The summed E-state index contributed by atoms with van der Waals surface area (Å²) in [7, 11) is 0. The van der Waals surface area contributed by atoms with E-state index >= 15 is 0 Å². The van der Waals surface area contributed by atoms with Crippen molar-refractivity contribution in [1.82, 2.24) is 19.9 Å². The van der Waals surface area contributed by atoms with Crippen LogP contribution in [0.4, 0.5) is 14.7 Å². The Balaban J connectivity index is 1.76. The predicted molar refractivity (Wildman–Crippen MR) is 75.6 cm³/mol. The number of nitrogens with one attached hydrogen (secondary N) is 1. The Morgan fingerprint density at radius 1 is 1.14 bits per heavy atom. The maximum absolute atomic E-state index is 13.2. The van der Waals surface area contributed by atoms with Gasteiger partial charge in [-0.15, -0.1) is 0 Å². The monoisotopic (exact) mass is 309 g/mol. The lowest BCUT2D eigenvalue weighted by Crippen LogP contribution is -2.32. The van der Waals surface area contributed by atoms with Gasteiger partial charge in [-0.3, -0.25) is 0 Å². The number of hydrogen-bond acceptors (Lipinski definition) is 6. The first-order chi connectivity index (χ1) is 10.4. The Morgan fingerprint density at radius 3 is 2.50 bits per heavy atom. The van der Waals surface area contributed by atoms with Crippen LogP contribution in [-0.4, -0.2) is 31.9 Å². The summed E-state index contributed by atoms with van der Waals surface area (Å²) < 4.78 is 31.5. The number of anilines is 1. The van der Waals surface area contributed by atoms with Crippen molar-refractivity contribution in [2.45, 2.75) is 51.5 Å². The van der Waals surface area contributed by atoms with Crippen LogP contribution in [0.3, 0.4) is 0 Å². The molecule has 1 aliphatic rings. The second kappa shape index (κ2) is 5.58. The van der Waals surface area contributed by atoms with Gasteiger partial charge in [0.1, 0.15) is 17.8 Å². The highest BCUT2D eigenvalue weighted by molar-refractivity contribution is 5.49. The van der Waals surface area contributed by atoms with Crippen LogP contribution >= 0.6 is 0 Å². The standard InChI is InChI=1S/C14H17F2N5O/c1-8-17-12(11-7-22-9(2)19-11)21-13(18-8)20-10-3-5-14(15,16)6-4-10/h7,10H,3-6H2,1-2H3,(H,17,18,20,21). The average molecular weight is 309 g/mol. The van der Waals surface area contributed by atoms with Crippen molar-refractivity contribution in [3.63, 3.8) is 0 Å². The lowest BCUT2D eigenvalue weighted by atomic mass is 9.92. The number of hydrogen-bond donors (Lipinski definition) is 1. The van der Waals surface area contributed by atoms with Gasteiger partial charge < -0.3 is 9.73 Å². The minimum atomic E-state index is -2.55. The van der Waals surface area contributed by atoms with Gasteiger partial charge in [-0.1, -0.05) is 0 Å². The molecule has 1 saturated carbocycles. The third-order valence-electron chi connectivity index (χ3n) is 3.65. The maximum atomic E-state index is 13.2. The van der Waals surface area contributed by atoms with E-state index in [9.17, 15) is 8.78 Å². The Kier molecular flexibility index (Phi) is 3.76. The molecule has 0 spiro atoms. The van der Waals surface area contributed by atoms with Crippen molar-refractivity contribution >= 4 is 5.95 Å². The summed E-state index contributed by atoms with van der Waals surface area (Å²) in [6, 6.07) is -0.0479. The van der Waals surface area contributed by atoms with Gasteiger partial charge in [0.15, 0.2) is 11.7 Å². The molecule has 3 rings (SSSR count). The van der Waals surface area contributed by atoms with Crippen LogP contribution in [0.1, 0.15) is 37.4 Å². The van der Waals surface area contributed by atoms with E-state index in [4.69, 9.17) is 4.42 Å². The van der Waals surface area contributed by atoms with Crippen LogP contribution in [0, 0.1) is 13.8 Å². The molecule has 1 aliphatic carbocycles. The second-order valence-corrected chi connectivity index (χ2v) is 5.56. The van der Waals surface area contributed by atoms with Crippen LogP contribution < -0.4 is 5.32 Å². The normalized spacial score (nSPS) is 18.4. The minimum absolute atomic E-state index is 0.0479. The molecule has 0 amide bonds. The molecule has 118 valence electrons. The van der Waals surface area contributed by atoms with E-state index in [1.54, 1.807) is 13.8 Å². The molecule has 2 heterocycles. The maximum Gasteiger partial charge on any atom is 0.248 e. The molecule has 0 atom stereocenters. The molecule has 6 nitrogen and oxygen atoms in total. The first kappa shape index (κ1) is 14.8. The fourth-order valence-electron chi connectivity index (χ4n) is 2.49. The quantitative estimate of drug-likeness (QED) is 0.938. The Bertz CT molecular complexity index is 663. The molecule has 0 aliphatic heterocycles. The van der Waals surface area contributed by atoms with Crippen LogP contribution in [0.2, 0.25) is 0 Å². The summed E-state index contributed by atoms with van der Waals surface area (Å²) >= 11 is 0. The lowest BCUT2D eigenvalue weighted by Gasteiger charge is -2.28. The van der Waals surface area contributed by atoms with Crippen LogP contribution in [0.5, 0.6) is 0 Å². The molecule has 2 aromatic rings. The third-order valence-corrected chi connectivity index (χ3v) is 3.65. The molecule has 0 saturated heterocycles. The first-order valence-corrected chi connectivity index (χ1v) is 7.21. The number of aryl methyl sites for hydroxylation is 2. The van der Waals surface area contributed by atoms with Crippen molar-refractivity contribution < 1.29 is 13.2 Å². The highest BCUT2D eigenvalue weighted by Gasteiger charge is 2.35. The van der Waals surface area contributed by atoms with Gasteiger partial charge >= 0.3 is 0 Å². The molecule has 0 bridgehead atoms. The van der Waals surface area contributed by atoms with Gasteiger partial charge in [-0.05, 0) is 19.8 Å². The molecule has 8 heteroatoms. The fourth-order valence-corrected chi connectivity index (χ4v) is 2.49. The van der Waals surface area contributed by atoms with Crippen LogP contribution in [-0.2, 0) is 0 Å². The summed E-state index contributed by atoms with van der Waals surface area (Å²) in [5.74, 6) is -0.686. The van der Waals surface area contributed by atoms with E-state index < -0.39 is 5.92 Å². The number of rotatable bonds is 3. The van der Waals surface area contributed by atoms with E-state index in [-0.39, 0.29) is 18.9 Å². The van der Waals surface area contributed by atoms with E-state index in [2.05, 4.69) is 25.3 Å². The Morgan fingerprint density at radius 2 is 1.86 bits per heavy atom. The summed E-state index contributed by atoms with van der Waals surface area (Å²) in [6.45, 7) is 3.48. The molecule has 0 aromatic carbocycles. The molecule has 1 fully saturated rings. The van der Waals surface area contributed by atoms with Gasteiger partial charge in [-0.2, -0.15) is 9.97 Å². The molecular formula is C14H17F2N5O. The van der Waals surface area contributed by atoms with Crippen molar-refractivity contribution in [3.05, 3.63) is 18.0 Å². The van der Waals surface area contributed by atoms with Crippen molar-refractivity contribution in [1.29, 1.82) is 0 Å². The molecule has 2 aromatic heterocycles. The lowest BCUT2D eigenvalue weighted by molar-refractivity contribution is -0.0361. The number of aromatic nitrogens is 4. The van der Waals surface area contributed by atoms with Crippen molar-refractivity contribution in [2.75, 3.05) is 5.32 Å². The topological polar surface area (TPSA) is 76.7 Å². The van der Waals surface area contributed by atoms with E-state index in [0.29, 0.717) is 42.0 Å². The zero-order chi connectivity index (χ0) is 15.7. The molecule has 0 radical (unpaired) electrons. The zero-order valence-corrected chi connectivity index (χ0v) is 12.4. The van der Waals surface area contributed by atoms with Gasteiger partial charge in [-0.25, -0.2) is 18.7 Å². The number of oxazole rings is 1. The highest BCUT2D eigenvalue weighted by Crippen LogP contribution is 2.34. The summed E-state index contributed by atoms with van der Waals surface area (Å²) in [5.41, 5.74) is 0.529. The molecule has 22 heavy (non-hydrogen) atoms. The third kappa shape index (κ3) is 3.37. The summed E-state index contributed by atoms with van der Waals surface area (Å²) in [6.07, 6.45) is 2.06. The highest BCUT2D eigenvalue weighted by atomic mass is 19.3. The fraction of sp³-hybridized carbons (Fsp3) is 0.571. The Labute approximate surface area is 126 Å². The smallest absolute Gasteiger partial charge is 0.248 e. The summed E-state index contributed by atoms with van der Waals surface area (Å²) in [4.78, 5) is 16.9. The van der Waals surface area contributed by atoms with Crippen LogP contribution in [0.15, 0.2) is 10.7 Å². The average Bonchev–Trinajstić information content (AvgIpc) is 2.87.